The summed E-state index contributed by atoms with van der Waals surface area (Å²) in [6.07, 6.45) is 5.73. The Morgan fingerprint density at radius 3 is 2.54 bits per heavy atom. The zero-order valence-electron chi connectivity index (χ0n) is 15.3. The lowest BCUT2D eigenvalue weighted by Crippen LogP contribution is -2.48. The van der Waals surface area contributed by atoms with Gasteiger partial charge >= 0.3 is 0 Å². The van der Waals surface area contributed by atoms with E-state index in [1.165, 1.54) is 6.42 Å². The Hall–Kier alpha value is -1.55. The van der Waals surface area contributed by atoms with Crippen molar-refractivity contribution in [3.8, 4) is 5.75 Å². The minimum Gasteiger partial charge on any atom is -0.494 e. The molecule has 0 bridgehead atoms. The van der Waals surface area contributed by atoms with E-state index in [0.717, 1.165) is 43.5 Å². The summed E-state index contributed by atoms with van der Waals surface area (Å²) < 4.78 is 11.6. The van der Waals surface area contributed by atoms with Crippen molar-refractivity contribution in [3.63, 3.8) is 0 Å². The van der Waals surface area contributed by atoms with E-state index < -0.39 is 5.60 Å². The van der Waals surface area contributed by atoms with Crippen molar-refractivity contribution >= 4 is 11.6 Å². The molecule has 1 aromatic carbocycles. The molecule has 1 saturated carbocycles. The van der Waals surface area contributed by atoms with Crippen LogP contribution < -0.4 is 10.1 Å². The van der Waals surface area contributed by atoms with Gasteiger partial charge in [0.2, 0.25) is 0 Å². The van der Waals surface area contributed by atoms with Crippen LogP contribution >= 0.6 is 0 Å². The van der Waals surface area contributed by atoms with Gasteiger partial charge in [-0.3, -0.25) is 4.79 Å². The topological polar surface area (TPSA) is 47.6 Å². The number of hydrogen-bond donors (Lipinski definition) is 1. The van der Waals surface area contributed by atoms with Crippen LogP contribution in [0.4, 0.5) is 5.69 Å². The van der Waals surface area contributed by atoms with Crippen molar-refractivity contribution < 1.29 is 14.3 Å². The van der Waals surface area contributed by atoms with Gasteiger partial charge in [0.1, 0.15) is 11.4 Å². The molecule has 1 N–H and O–H groups in total. The molecular weight excluding hydrogens is 302 g/mol. The van der Waals surface area contributed by atoms with Crippen molar-refractivity contribution in [2.45, 2.75) is 64.9 Å². The quantitative estimate of drug-likeness (QED) is 0.744. The average Bonchev–Trinajstić information content (AvgIpc) is 2.59. The Labute approximate surface area is 145 Å². The molecule has 1 fully saturated rings. The molecule has 134 valence electrons. The first-order chi connectivity index (χ1) is 11.6. The molecule has 1 amide bonds. The summed E-state index contributed by atoms with van der Waals surface area (Å²) in [5, 5.41) is 3.05. The van der Waals surface area contributed by atoms with Gasteiger partial charge in [-0.1, -0.05) is 27.2 Å². The van der Waals surface area contributed by atoms with E-state index in [2.05, 4.69) is 26.1 Å². The molecule has 4 nitrogen and oxygen atoms in total. The Balaban J connectivity index is 2.04. The molecule has 1 aromatic rings. The second kappa shape index (κ2) is 9.07. The van der Waals surface area contributed by atoms with Crippen LogP contribution in [0.1, 0.15) is 59.3 Å². The van der Waals surface area contributed by atoms with Crippen LogP contribution in [0.5, 0.6) is 5.75 Å². The summed E-state index contributed by atoms with van der Waals surface area (Å²) in [4.78, 5) is 12.9. The highest BCUT2D eigenvalue weighted by atomic mass is 16.5. The van der Waals surface area contributed by atoms with Crippen LogP contribution in [0, 0.1) is 5.92 Å². The highest BCUT2D eigenvalue weighted by Crippen LogP contribution is 2.36. The summed E-state index contributed by atoms with van der Waals surface area (Å²) in [5.74, 6) is 1.34. The molecule has 0 radical (unpaired) electrons. The molecule has 0 saturated heterocycles. The summed E-state index contributed by atoms with van der Waals surface area (Å²) >= 11 is 0. The third-order valence-electron chi connectivity index (χ3n) is 4.54. The molecule has 2 atom stereocenters. The molecule has 4 heteroatoms. The van der Waals surface area contributed by atoms with Gasteiger partial charge in [0.15, 0.2) is 0 Å². The van der Waals surface area contributed by atoms with E-state index in [-0.39, 0.29) is 5.91 Å². The fraction of sp³-hybridized carbons (Fsp3) is 0.650. The van der Waals surface area contributed by atoms with Crippen LogP contribution in [0.15, 0.2) is 24.3 Å². The first-order valence-corrected chi connectivity index (χ1v) is 9.28. The maximum Gasteiger partial charge on any atom is 0.256 e. The lowest BCUT2D eigenvalue weighted by atomic mass is 9.78. The standard InChI is InChI=1S/C20H31NO3/c1-4-13-23-18-10-8-17(9-11-18)21-19(22)20(24-14-5-2)12-6-7-16(3)15-20/h8-11,16H,4-7,12-15H2,1-3H3,(H,21,22)/t16-,20+/m1/s1. The number of hydrogen-bond acceptors (Lipinski definition) is 3. The van der Waals surface area contributed by atoms with Crippen molar-refractivity contribution in [2.75, 3.05) is 18.5 Å². The minimum absolute atomic E-state index is 0.00951. The fourth-order valence-corrected chi connectivity index (χ4v) is 3.30. The summed E-state index contributed by atoms with van der Waals surface area (Å²) in [6.45, 7) is 7.69. The first-order valence-electron chi connectivity index (χ1n) is 9.28. The van der Waals surface area contributed by atoms with Gasteiger partial charge in [0.05, 0.1) is 6.61 Å². The number of nitrogens with one attached hydrogen (secondary N) is 1. The number of rotatable bonds is 8. The lowest BCUT2D eigenvalue weighted by molar-refractivity contribution is -0.148. The second-order valence-corrected chi connectivity index (χ2v) is 6.87. The van der Waals surface area contributed by atoms with Crippen LogP contribution in [-0.4, -0.2) is 24.7 Å². The summed E-state index contributed by atoms with van der Waals surface area (Å²) in [5.41, 5.74) is 0.118. The third-order valence-corrected chi connectivity index (χ3v) is 4.54. The van der Waals surface area contributed by atoms with E-state index in [1.54, 1.807) is 0 Å². The van der Waals surface area contributed by atoms with Crippen LogP contribution in [0.3, 0.4) is 0 Å². The average molecular weight is 333 g/mol. The largest absolute Gasteiger partial charge is 0.494 e. The maximum atomic E-state index is 12.9. The van der Waals surface area contributed by atoms with E-state index in [4.69, 9.17) is 9.47 Å². The minimum atomic E-state index is -0.676. The molecule has 1 aliphatic carbocycles. The Morgan fingerprint density at radius 2 is 1.92 bits per heavy atom. The highest BCUT2D eigenvalue weighted by molar-refractivity contribution is 5.97. The molecule has 0 heterocycles. The van der Waals surface area contributed by atoms with Crippen LogP contribution in [0.2, 0.25) is 0 Å². The van der Waals surface area contributed by atoms with Crippen LogP contribution in [0.25, 0.3) is 0 Å². The zero-order valence-corrected chi connectivity index (χ0v) is 15.3. The number of benzene rings is 1. The Morgan fingerprint density at radius 1 is 1.21 bits per heavy atom. The number of ether oxygens (including phenoxy) is 2. The van der Waals surface area contributed by atoms with E-state index in [0.29, 0.717) is 19.1 Å². The molecule has 2 rings (SSSR count). The van der Waals surface area contributed by atoms with Crippen LogP contribution in [-0.2, 0) is 9.53 Å². The van der Waals surface area contributed by atoms with Crippen molar-refractivity contribution in [2.24, 2.45) is 5.92 Å². The third kappa shape index (κ3) is 4.97. The summed E-state index contributed by atoms with van der Waals surface area (Å²) in [7, 11) is 0. The van der Waals surface area contributed by atoms with Crippen molar-refractivity contribution in [1.29, 1.82) is 0 Å². The van der Waals surface area contributed by atoms with E-state index >= 15 is 0 Å². The predicted molar refractivity (Wildman–Crippen MR) is 97.5 cm³/mol. The van der Waals surface area contributed by atoms with Crippen molar-refractivity contribution in [3.05, 3.63) is 24.3 Å². The van der Waals surface area contributed by atoms with Gasteiger partial charge in [0.25, 0.3) is 5.91 Å². The van der Waals surface area contributed by atoms with Gasteiger partial charge < -0.3 is 14.8 Å². The number of carbonyl (C=O) groups excluding carboxylic acids is 1. The summed E-state index contributed by atoms with van der Waals surface area (Å²) in [6, 6.07) is 7.58. The number of carbonyl (C=O) groups is 1. The van der Waals surface area contributed by atoms with E-state index in [9.17, 15) is 4.79 Å². The predicted octanol–water partition coefficient (Wildman–Crippen LogP) is 4.79. The van der Waals surface area contributed by atoms with Gasteiger partial charge in [-0.25, -0.2) is 0 Å². The van der Waals surface area contributed by atoms with E-state index in [1.807, 2.05) is 24.3 Å². The first kappa shape index (κ1) is 18.8. The molecule has 0 aromatic heterocycles. The molecule has 0 unspecified atom stereocenters. The zero-order chi connectivity index (χ0) is 17.4. The normalized spacial score (nSPS) is 23.7. The monoisotopic (exact) mass is 333 g/mol. The molecule has 24 heavy (non-hydrogen) atoms. The highest BCUT2D eigenvalue weighted by Gasteiger charge is 2.42. The maximum absolute atomic E-state index is 12.9. The smallest absolute Gasteiger partial charge is 0.256 e. The lowest BCUT2D eigenvalue weighted by Gasteiger charge is -2.38. The Bertz CT molecular complexity index is 514. The molecule has 1 aliphatic rings. The number of amides is 1. The van der Waals surface area contributed by atoms with Gasteiger partial charge in [-0.15, -0.1) is 0 Å². The molecule has 0 spiro atoms. The second-order valence-electron chi connectivity index (χ2n) is 6.87. The SMILES string of the molecule is CCCOc1ccc(NC(=O)[C@]2(OCCC)CCC[C@@H](C)C2)cc1. The van der Waals surface area contributed by atoms with Gasteiger partial charge in [-0.2, -0.15) is 0 Å². The van der Waals surface area contributed by atoms with Gasteiger partial charge in [0, 0.05) is 12.3 Å². The Kier molecular flexibility index (Phi) is 7.10. The molecule has 0 aliphatic heterocycles. The fourth-order valence-electron chi connectivity index (χ4n) is 3.30. The van der Waals surface area contributed by atoms with Crippen molar-refractivity contribution in [1.82, 2.24) is 0 Å². The molecular formula is C20H31NO3. The van der Waals surface area contributed by atoms with Gasteiger partial charge in [-0.05, 0) is 62.3 Å². The number of anilines is 1.